The lowest BCUT2D eigenvalue weighted by molar-refractivity contribution is 0.326. The van der Waals surface area contributed by atoms with Crippen LogP contribution in [0.15, 0.2) is 51.8 Å². The summed E-state index contributed by atoms with van der Waals surface area (Å²) in [6.07, 6.45) is 0. The molecule has 0 amide bonds. The molecule has 2 aromatic carbocycles. The maximum absolute atomic E-state index is 13.2. The highest BCUT2D eigenvalue weighted by Crippen LogP contribution is 2.32. The van der Waals surface area contributed by atoms with Crippen molar-refractivity contribution in [2.45, 2.75) is 18.7 Å². The molecule has 0 aromatic heterocycles. The van der Waals surface area contributed by atoms with Crippen molar-refractivity contribution < 1.29 is 17.9 Å². The van der Waals surface area contributed by atoms with E-state index in [1.165, 1.54) is 4.31 Å². The minimum absolute atomic E-state index is 0.201. The van der Waals surface area contributed by atoms with Crippen molar-refractivity contribution in [3.8, 4) is 11.5 Å². The monoisotopic (exact) mass is 468 g/mol. The quantitative estimate of drug-likeness (QED) is 0.618. The Kier molecular flexibility index (Phi) is 6.85. The van der Waals surface area contributed by atoms with Crippen LogP contribution in [0.5, 0.6) is 11.5 Å². The van der Waals surface area contributed by atoms with Crippen LogP contribution < -0.4 is 14.4 Å². The average molecular weight is 469 g/mol. The third-order valence-corrected chi connectivity index (χ3v) is 6.98. The first-order valence-corrected chi connectivity index (χ1v) is 11.6. The van der Waals surface area contributed by atoms with Crippen LogP contribution >= 0.6 is 15.9 Å². The van der Waals surface area contributed by atoms with Crippen LogP contribution in [0.4, 0.5) is 5.69 Å². The predicted molar refractivity (Wildman–Crippen MR) is 114 cm³/mol. The maximum Gasteiger partial charge on any atom is 0.246 e. The smallest absolute Gasteiger partial charge is 0.246 e. The number of hydrogen-bond acceptors (Lipinski definition) is 5. The van der Waals surface area contributed by atoms with Crippen LogP contribution in [0.3, 0.4) is 0 Å². The molecule has 8 heteroatoms. The fourth-order valence-corrected chi connectivity index (χ4v) is 5.35. The number of sulfonamides is 1. The molecule has 1 saturated heterocycles. The molecular weight excluding hydrogens is 444 g/mol. The van der Waals surface area contributed by atoms with Crippen molar-refractivity contribution in [2.24, 2.45) is 0 Å². The highest BCUT2D eigenvalue weighted by Gasteiger charge is 2.31. The zero-order chi connectivity index (χ0) is 20.1. The molecule has 1 fully saturated rings. The Morgan fingerprint density at radius 2 is 1.57 bits per heavy atom. The molecule has 0 bridgehead atoms. The van der Waals surface area contributed by atoms with Gasteiger partial charge in [0.15, 0.2) is 0 Å². The van der Waals surface area contributed by atoms with E-state index in [4.69, 9.17) is 9.47 Å². The largest absolute Gasteiger partial charge is 0.492 e. The van der Waals surface area contributed by atoms with Crippen molar-refractivity contribution in [2.75, 3.05) is 44.3 Å². The van der Waals surface area contributed by atoms with Crippen LogP contribution in [0.2, 0.25) is 0 Å². The zero-order valence-electron chi connectivity index (χ0n) is 16.1. The Hall–Kier alpha value is -1.77. The molecule has 3 rings (SSSR count). The molecule has 1 aliphatic rings. The summed E-state index contributed by atoms with van der Waals surface area (Å²) in [6, 6.07) is 12.9. The summed E-state index contributed by atoms with van der Waals surface area (Å²) in [7, 11) is -3.64. The molecular formula is C20H25BrN2O4S. The number of piperazine rings is 1. The van der Waals surface area contributed by atoms with E-state index >= 15 is 0 Å². The van der Waals surface area contributed by atoms with E-state index in [2.05, 4.69) is 20.8 Å². The van der Waals surface area contributed by atoms with Crippen molar-refractivity contribution in [3.63, 3.8) is 0 Å². The molecule has 28 heavy (non-hydrogen) atoms. The molecule has 152 valence electrons. The van der Waals surface area contributed by atoms with E-state index in [0.717, 1.165) is 11.4 Å². The van der Waals surface area contributed by atoms with Gasteiger partial charge in [0.25, 0.3) is 0 Å². The van der Waals surface area contributed by atoms with E-state index in [9.17, 15) is 8.42 Å². The molecule has 1 heterocycles. The summed E-state index contributed by atoms with van der Waals surface area (Å²) in [5.74, 6) is 1.21. The molecule has 6 nitrogen and oxygen atoms in total. The molecule has 0 spiro atoms. The lowest BCUT2D eigenvalue weighted by atomic mass is 10.2. The summed E-state index contributed by atoms with van der Waals surface area (Å²) in [5, 5.41) is 0. The molecule has 0 N–H and O–H groups in total. The number of para-hydroxylation sites is 2. The second-order valence-corrected chi connectivity index (χ2v) is 9.14. The molecule has 0 radical (unpaired) electrons. The SMILES string of the molecule is CCOc1ccccc1N1CCN(S(=O)(=O)c2cc(Br)ccc2OCC)CC1. The minimum atomic E-state index is -3.64. The fraction of sp³-hybridized carbons (Fsp3) is 0.400. The maximum atomic E-state index is 13.2. The topological polar surface area (TPSA) is 59.1 Å². The summed E-state index contributed by atoms with van der Waals surface area (Å²) < 4.78 is 40.0. The van der Waals surface area contributed by atoms with Gasteiger partial charge in [-0.2, -0.15) is 4.31 Å². The van der Waals surface area contributed by atoms with Crippen molar-refractivity contribution in [1.29, 1.82) is 0 Å². The third-order valence-electron chi connectivity index (χ3n) is 4.57. The standard InChI is InChI=1S/C20H25BrN2O4S/c1-3-26-18-8-6-5-7-17(18)22-11-13-23(14-12-22)28(24,25)20-15-16(21)9-10-19(20)27-4-2/h5-10,15H,3-4,11-14H2,1-2H3. The Labute approximate surface area is 175 Å². The number of hydrogen-bond donors (Lipinski definition) is 0. The van der Waals surface area contributed by atoms with Gasteiger partial charge in [0.1, 0.15) is 16.4 Å². The van der Waals surface area contributed by atoms with Gasteiger partial charge < -0.3 is 14.4 Å². The molecule has 0 saturated carbocycles. The van der Waals surface area contributed by atoms with E-state index in [1.54, 1.807) is 18.2 Å². The van der Waals surface area contributed by atoms with Crippen LogP contribution in [0, 0.1) is 0 Å². The molecule has 0 unspecified atom stereocenters. The van der Waals surface area contributed by atoms with Gasteiger partial charge in [0.2, 0.25) is 10.0 Å². The van der Waals surface area contributed by atoms with Gasteiger partial charge in [-0.05, 0) is 44.2 Å². The average Bonchev–Trinajstić information content (AvgIpc) is 2.70. The number of benzene rings is 2. The minimum Gasteiger partial charge on any atom is -0.492 e. The van der Waals surface area contributed by atoms with Crippen molar-refractivity contribution in [3.05, 3.63) is 46.9 Å². The second-order valence-electron chi connectivity index (χ2n) is 6.32. The zero-order valence-corrected chi connectivity index (χ0v) is 18.5. The highest BCUT2D eigenvalue weighted by molar-refractivity contribution is 9.10. The second kappa shape index (κ2) is 9.15. The summed E-state index contributed by atoms with van der Waals surface area (Å²) in [5.41, 5.74) is 0.999. The van der Waals surface area contributed by atoms with Gasteiger partial charge in [-0.15, -0.1) is 0 Å². The number of ether oxygens (including phenoxy) is 2. The number of halogens is 1. The van der Waals surface area contributed by atoms with Crippen molar-refractivity contribution in [1.82, 2.24) is 4.31 Å². The Bertz CT molecular complexity index is 912. The Morgan fingerprint density at radius 1 is 0.929 bits per heavy atom. The molecule has 1 aliphatic heterocycles. The van der Waals surface area contributed by atoms with Gasteiger partial charge in [-0.3, -0.25) is 0 Å². The van der Waals surface area contributed by atoms with Gasteiger partial charge in [-0.1, -0.05) is 28.1 Å². The Morgan fingerprint density at radius 3 is 2.25 bits per heavy atom. The predicted octanol–water partition coefficient (Wildman–Crippen LogP) is 3.76. The normalized spacial score (nSPS) is 15.5. The third kappa shape index (κ3) is 4.45. The van der Waals surface area contributed by atoms with E-state index in [-0.39, 0.29) is 4.90 Å². The first kappa shape index (κ1) is 21.0. The Balaban J connectivity index is 1.79. The molecule has 0 atom stereocenters. The lowest BCUT2D eigenvalue weighted by Crippen LogP contribution is -2.48. The number of anilines is 1. The van der Waals surface area contributed by atoms with Crippen molar-refractivity contribution >= 4 is 31.6 Å². The first-order valence-electron chi connectivity index (χ1n) is 9.36. The van der Waals surface area contributed by atoms with Crippen LogP contribution in [0.1, 0.15) is 13.8 Å². The summed E-state index contributed by atoms with van der Waals surface area (Å²) >= 11 is 3.37. The highest BCUT2D eigenvalue weighted by atomic mass is 79.9. The number of nitrogens with zero attached hydrogens (tertiary/aromatic N) is 2. The van der Waals surface area contributed by atoms with Gasteiger partial charge in [0.05, 0.1) is 18.9 Å². The van der Waals surface area contributed by atoms with Crippen LogP contribution in [-0.4, -0.2) is 52.1 Å². The summed E-state index contributed by atoms with van der Waals surface area (Å²) in [4.78, 5) is 2.37. The fourth-order valence-electron chi connectivity index (χ4n) is 3.26. The van der Waals surface area contributed by atoms with Gasteiger partial charge >= 0.3 is 0 Å². The lowest BCUT2D eigenvalue weighted by Gasteiger charge is -2.36. The summed E-state index contributed by atoms with van der Waals surface area (Å²) in [6.45, 7) is 6.80. The first-order chi connectivity index (χ1) is 13.5. The van der Waals surface area contributed by atoms with Gasteiger partial charge in [-0.25, -0.2) is 8.42 Å². The van der Waals surface area contributed by atoms with Gasteiger partial charge in [0, 0.05) is 30.7 Å². The number of rotatable bonds is 7. The van der Waals surface area contributed by atoms with Crippen LogP contribution in [0.25, 0.3) is 0 Å². The molecule has 2 aromatic rings. The van der Waals surface area contributed by atoms with E-state index in [1.807, 2.05) is 38.1 Å². The van der Waals surface area contributed by atoms with E-state index in [0.29, 0.717) is 49.6 Å². The molecule has 0 aliphatic carbocycles. The van der Waals surface area contributed by atoms with E-state index < -0.39 is 10.0 Å². The van der Waals surface area contributed by atoms with Crippen LogP contribution in [-0.2, 0) is 10.0 Å².